The highest BCUT2D eigenvalue weighted by Gasteiger charge is 2.11. The second kappa shape index (κ2) is 5.97. The highest BCUT2D eigenvalue weighted by atomic mass is 19.1. The first kappa shape index (κ1) is 14.2. The van der Waals surface area contributed by atoms with Crippen molar-refractivity contribution in [3.8, 4) is 0 Å². The summed E-state index contributed by atoms with van der Waals surface area (Å²) in [4.78, 5) is 8.96. The summed E-state index contributed by atoms with van der Waals surface area (Å²) >= 11 is 0. The van der Waals surface area contributed by atoms with Crippen LogP contribution in [0.5, 0.6) is 0 Å². The predicted molar refractivity (Wildman–Crippen MR) is 84.8 cm³/mol. The number of halogens is 1. The molecular weight excluding hydrogens is 283 g/mol. The van der Waals surface area contributed by atoms with E-state index in [0.29, 0.717) is 11.8 Å². The van der Waals surface area contributed by atoms with Gasteiger partial charge < -0.3 is 10.6 Å². The average molecular weight is 300 g/mol. The number of rotatable bonds is 5. The summed E-state index contributed by atoms with van der Waals surface area (Å²) in [6.45, 7) is 2.87. The Bertz CT molecular complexity index is 781. The Kier molecular flexibility index (Phi) is 3.86. The van der Waals surface area contributed by atoms with Crippen molar-refractivity contribution in [1.29, 1.82) is 0 Å². The molecule has 0 saturated carbocycles. The Labute approximate surface area is 127 Å². The third-order valence-electron chi connectivity index (χ3n) is 3.23. The molecule has 0 aliphatic rings. The van der Waals surface area contributed by atoms with Gasteiger partial charge in [0.15, 0.2) is 5.65 Å². The molecule has 0 aliphatic heterocycles. The largest absolute Gasteiger partial charge is 0.354 e. The van der Waals surface area contributed by atoms with Crippen molar-refractivity contribution in [3.05, 3.63) is 36.3 Å². The number of nitrogens with zero attached hydrogens (tertiary/aromatic N) is 4. The van der Waals surface area contributed by atoms with Gasteiger partial charge in [-0.2, -0.15) is 15.1 Å². The minimum atomic E-state index is -0.273. The minimum Gasteiger partial charge on any atom is -0.354 e. The minimum absolute atomic E-state index is 0.273. The van der Waals surface area contributed by atoms with E-state index in [1.165, 1.54) is 12.1 Å². The zero-order valence-electron chi connectivity index (χ0n) is 12.5. The normalized spacial score (nSPS) is 10.9. The molecule has 7 heteroatoms. The molecule has 0 saturated heterocycles. The Morgan fingerprint density at radius 3 is 2.68 bits per heavy atom. The maximum Gasteiger partial charge on any atom is 0.226 e. The summed E-state index contributed by atoms with van der Waals surface area (Å²) in [6.07, 6.45) is 2.69. The second-order valence-electron chi connectivity index (χ2n) is 4.96. The molecule has 0 aliphatic carbocycles. The number of hydrogen-bond acceptors (Lipinski definition) is 5. The SMILES string of the molecule is CCCNc1nc(Nc2ccc(F)cc2)c2cnn(C)c2n1. The van der Waals surface area contributed by atoms with Gasteiger partial charge in [0.2, 0.25) is 5.95 Å². The quantitative estimate of drug-likeness (QED) is 0.758. The van der Waals surface area contributed by atoms with Crippen LogP contribution in [0.1, 0.15) is 13.3 Å². The van der Waals surface area contributed by atoms with Crippen molar-refractivity contribution in [3.63, 3.8) is 0 Å². The molecule has 0 fully saturated rings. The smallest absolute Gasteiger partial charge is 0.226 e. The molecule has 6 nitrogen and oxygen atoms in total. The maximum absolute atomic E-state index is 13.0. The molecule has 0 atom stereocenters. The lowest BCUT2D eigenvalue weighted by molar-refractivity contribution is 0.628. The van der Waals surface area contributed by atoms with Gasteiger partial charge in [-0.05, 0) is 30.7 Å². The van der Waals surface area contributed by atoms with E-state index in [-0.39, 0.29) is 5.82 Å². The number of aryl methyl sites for hydroxylation is 1. The van der Waals surface area contributed by atoms with E-state index in [9.17, 15) is 4.39 Å². The Morgan fingerprint density at radius 1 is 1.18 bits per heavy atom. The van der Waals surface area contributed by atoms with E-state index in [0.717, 1.165) is 29.7 Å². The van der Waals surface area contributed by atoms with Gasteiger partial charge in [-0.25, -0.2) is 4.39 Å². The molecule has 2 N–H and O–H groups in total. The molecule has 0 amide bonds. The fourth-order valence-corrected chi connectivity index (χ4v) is 2.10. The number of aromatic nitrogens is 4. The van der Waals surface area contributed by atoms with Crippen LogP contribution in [-0.2, 0) is 7.05 Å². The van der Waals surface area contributed by atoms with E-state index in [2.05, 4.69) is 32.6 Å². The van der Waals surface area contributed by atoms with Gasteiger partial charge in [-0.1, -0.05) is 6.92 Å². The summed E-state index contributed by atoms with van der Waals surface area (Å²) in [5.74, 6) is 0.913. The number of nitrogens with one attached hydrogen (secondary N) is 2. The molecule has 3 aromatic rings. The third-order valence-corrected chi connectivity index (χ3v) is 3.23. The summed E-state index contributed by atoms with van der Waals surface area (Å²) in [5, 5.41) is 11.4. The fourth-order valence-electron chi connectivity index (χ4n) is 2.10. The lowest BCUT2D eigenvalue weighted by Gasteiger charge is -2.10. The van der Waals surface area contributed by atoms with Gasteiger partial charge in [-0.3, -0.25) is 4.68 Å². The monoisotopic (exact) mass is 300 g/mol. The van der Waals surface area contributed by atoms with Crippen molar-refractivity contribution in [2.24, 2.45) is 7.05 Å². The van der Waals surface area contributed by atoms with Crippen molar-refractivity contribution in [2.45, 2.75) is 13.3 Å². The topological polar surface area (TPSA) is 67.7 Å². The van der Waals surface area contributed by atoms with Crippen molar-refractivity contribution >= 4 is 28.5 Å². The Morgan fingerprint density at radius 2 is 1.95 bits per heavy atom. The first-order chi connectivity index (χ1) is 10.7. The van der Waals surface area contributed by atoms with Crippen molar-refractivity contribution < 1.29 is 4.39 Å². The molecule has 3 rings (SSSR count). The number of hydrogen-bond donors (Lipinski definition) is 2. The van der Waals surface area contributed by atoms with Gasteiger partial charge in [0.05, 0.1) is 11.6 Å². The van der Waals surface area contributed by atoms with E-state index >= 15 is 0 Å². The molecule has 1 aromatic carbocycles. The Balaban J connectivity index is 2.00. The summed E-state index contributed by atoms with van der Waals surface area (Å²) in [7, 11) is 1.83. The summed E-state index contributed by atoms with van der Waals surface area (Å²) in [5.41, 5.74) is 1.49. The van der Waals surface area contributed by atoms with Crippen LogP contribution in [0.15, 0.2) is 30.5 Å². The van der Waals surface area contributed by atoms with E-state index in [4.69, 9.17) is 0 Å². The molecule has 114 valence electrons. The highest BCUT2D eigenvalue weighted by Crippen LogP contribution is 2.24. The molecular formula is C15H17FN6. The predicted octanol–water partition coefficient (Wildman–Crippen LogP) is 3.07. The van der Waals surface area contributed by atoms with Gasteiger partial charge >= 0.3 is 0 Å². The van der Waals surface area contributed by atoms with Gasteiger partial charge in [0.25, 0.3) is 0 Å². The van der Waals surface area contributed by atoms with Crippen LogP contribution < -0.4 is 10.6 Å². The summed E-state index contributed by atoms with van der Waals surface area (Å²) in [6, 6.07) is 6.14. The van der Waals surface area contributed by atoms with Gasteiger partial charge in [0.1, 0.15) is 11.6 Å². The molecule has 0 spiro atoms. The first-order valence-corrected chi connectivity index (χ1v) is 7.13. The van der Waals surface area contributed by atoms with E-state index in [1.807, 2.05) is 7.05 Å². The van der Waals surface area contributed by atoms with E-state index in [1.54, 1.807) is 23.0 Å². The van der Waals surface area contributed by atoms with Crippen LogP contribution in [-0.4, -0.2) is 26.3 Å². The third kappa shape index (κ3) is 2.83. The van der Waals surface area contributed by atoms with Crippen LogP contribution in [0.3, 0.4) is 0 Å². The van der Waals surface area contributed by atoms with Crippen LogP contribution in [0.2, 0.25) is 0 Å². The first-order valence-electron chi connectivity index (χ1n) is 7.13. The standard InChI is InChI=1S/C15H17FN6/c1-3-8-17-15-20-13(12-9-18-22(2)14(12)21-15)19-11-6-4-10(16)5-7-11/h4-7,9H,3,8H2,1-2H3,(H2,17,19,20,21). The molecule has 0 unspecified atom stereocenters. The lowest BCUT2D eigenvalue weighted by Crippen LogP contribution is -2.07. The zero-order valence-corrected chi connectivity index (χ0v) is 12.5. The second-order valence-corrected chi connectivity index (χ2v) is 4.96. The lowest BCUT2D eigenvalue weighted by atomic mass is 10.3. The maximum atomic E-state index is 13.0. The number of anilines is 3. The van der Waals surface area contributed by atoms with Crippen LogP contribution in [0.25, 0.3) is 11.0 Å². The van der Waals surface area contributed by atoms with Gasteiger partial charge in [0, 0.05) is 19.3 Å². The fraction of sp³-hybridized carbons (Fsp3) is 0.267. The van der Waals surface area contributed by atoms with Crippen LogP contribution in [0, 0.1) is 5.82 Å². The number of fused-ring (bicyclic) bond motifs is 1. The van der Waals surface area contributed by atoms with Crippen LogP contribution in [0.4, 0.5) is 21.8 Å². The molecule has 2 aromatic heterocycles. The Hall–Kier alpha value is -2.70. The zero-order chi connectivity index (χ0) is 15.5. The van der Waals surface area contributed by atoms with Crippen molar-refractivity contribution in [1.82, 2.24) is 19.7 Å². The molecule has 0 bridgehead atoms. The van der Waals surface area contributed by atoms with Crippen LogP contribution >= 0.6 is 0 Å². The highest BCUT2D eigenvalue weighted by molar-refractivity contribution is 5.89. The van der Waals surface area contributed by atoms with Crippen molar-refractivity contribution in [2.75, 3.05) is 17.2 Å². The summed E-state index contributed by atoms with van der Waals surface area (Å²) < 4.78 is 14.7. The molecule has 22 heavy (non-hydrogen) atoms. The van der Waals surface area contributed by atoms with Gasteiger partial charge in [-0.15, -0.1) is 0 Å². The molecule has 2 heterocycles. The van der Waals surface area contributed by atoms with E-state index < -0.39 is 0 Å². The average Bonchev–Trinajstić information content (AvgIpc) is 2.89. The number of benzene rings is 1. The molecule has 0 radical (unpaired) electrons.